The Kier molecular flexibility index (Phi) is 53.2. The molecule has 0 saturated heterocycles. The lowest BCUT2D eigenvalue weighted by Gasteiger charge is -2.30. The standard InChI is InChI=1S/C46H62O8.C28H36O6.C18H27BrO2/c47-42(48)32-22-9-5-1-3-7-11-24-34-46(44(50)53-37-40-28-18-14-19-29-40,45(51)54-38-41-30-20-15-21-31-41)35-25-12-8-4-2-6-10-23-33-43(49)52-36-39-26-16-13-17-27-39;29-26(30)20-14-6-4-2-1-3-5-13-19-25(27(31)33-21-23-15-9-7-10-16-23)28(32)34-22-24-17-11-8-12-18-24;19-15-11-6-4-2-1-3-5-10-14-18(20)21-16-17-12-8-7-9-13-17/h13-21,26-31H,1-12,22-25,32-38H2,(H,47,48);7-12,15-18,25H,1-6,13-14,19-22H2,(H,29,30);7-9,12-13H,1-6,10-11,14-16H2. The summed E-state index contributed by atoms with van der Waals surface area (Å²) in [5.74, 6) is -4.74. The number of ether oxygens (including phenoxy) is 6. The number of halogens is 1. The fourth-order valence-electron chi connectivity index (χ4n) is 12.6. The molecule has 0 aromatic heterocycles. The summed E-state index contributed by atoms with van der Waals surface area (Å²) in [6.07, 6.45) is 34.9. The van der Waals surface area contributed by atoms with Gasteiger partial charge in [-0.1, -0.05) is 371 Å². The summed E-state index contributed by atoms with van der Waals surface area (Å²) < 4.78 is 33.3. The summed E-state index contributed by atoms with van der Waals surface area (Å²) in [5.41, 5.74) is 4.14. The molecule has 0 saturated carbocycles. The molecule has 6 aromatic carbocycles. The lowest BCUT2D eigenvalue weighted by Crippen LogP contribution is -2.42. The average molecular weight is 1570 g/mol. The van der Waals surface area contributed by atoms with Crippen LogP contribution >= 0.6 is 15.9 Å². The van der Waals surface area contributed by atoms with Crippen molar-refractivity contribution in [1.29, 1.82) is 0 Å². The Bertz CT molecular complexity index is 3210. The van der Waals surface area contributed by atoms with Gasteiger partial charge in [-0.25, -0.2) is 0 Å². The molecule has 109 heavy (non-hydrogen) atoms. The van der Waals surface area contributed by atoms with Crippen molar-refractivity contribution >= 4 is 63.7 Å². The Morgan fingerprint density at radius 3 is 0.752 bits per heavy atom. The van der Waals surface area contributed by atoms with Crippen LogP contribution in [0.1, 0.15) is 284 Å². The van der Waals surface area contributed by atoms with Gasteiger partial charge in [0.1, 0.15) is 39.6 Å². The van der Waals surface area contributed by atoms with Crippen molar-refractivity contribution in [3.05, 3.63) is 215 Å². The molecule has 0 aliphatic heterocycles. The van der Waals surface area contributed by atoms with E-state index >= 15 is 0 Å². The van der Waals surface area contributed by atoms with E-state index in [1.807, 2.05) is 182 Å². The molecule has 0 radical (unpaired) electrons. The third-order valence-corrected chi connectivity index (χ3v) is 19.6. The predicted octanol–water partition coefficient (Wildman–Crippen LogP) is 22.8. The topological polar surface area (TPSA) is 232 Å². The van der Waals surface area contributed by atoms with Crippen molar-refractivity contribution in [2.24, 2.45) is 11.3 Å². The number of carboxylic acid groups (broad SMARTS) is 2. The first-order chi connectivity index (χ1) is 53.3. The Morgan fingerprint density at radius 2 is 0.486 bits per heavy atom. The number of aliphatic carboxylic acids is 2. The van der Waals surface area contributed by atoms with Crippen molar-refractivity contribution in [2.75, 3.05) is 5.33 Å². The zero-order valence-electron chi connectivity index (χ0n) is 64.9. The Hall–Kier alpha value is -8.44. The van der Waals surface area contributed by atoms with Crippen molar-refractivity contribution < 1.29 is 77.0 Å². The first kappa shape index (κ1) is 92.9. The zero-order chi connectivity index (χ0) is 78.1. The number of rotatable bonds is 59. The van der Waals surface area contributed by atoms with Crippen molar-refractivity contribution in [3.8, 4) is 0 Å². The molecule has 0 heterocycles. The van der Waals surface area contributed by atoms with Crippen LogP contribution in [0.5, 0.6) is 0 Å². The minimum absolute atomic E-state index is 0.0730. The van der Waals surface area contributed by atoms with E-state index in [-0.39, 0.29) is 51.2 Å². The fraction of sp³-hybridized carbons (Fsp3) is 0.522. The van der Waals surface area contributed by atoms with E-state index < -0.39 is 47.1 Å². The van der Waals surface area contributed by atoms with E-state index in [9.17, 15) is 38.4 Å². The lowest BCUT2D eigenvalue weighted by molar-refractivity contribution is -0.176. The van der Waals surface area contributed by atoms with Crippen LogP contribution in [-0.4, -0.2) is 63.3 Å². The second kappa shape index (κ2) is 62.3. The van der Waals surface area contributed by atoms with Crippen LogP contribution in [0.3, 0.4) is 0 Å². The monoisotopic (exact) mass is 1560 g/mol. The Labute approximate surface area is 659 Å². The maximum absolute atomic E-state index is 14.0. The van der Waals surface area contributed by atoms with Crippen LogP contribution in [0.2, 0.25) is 0 Å². The normalized spacial score (nSPS) is 10.9. The molecule has 0 aliphatic carbocycles. The number of hydrogen-bond acceptors (Lipinski definition) is 14. The molecule has 0 amide bonds. The van der Waals surface area contributed by atoms with Gasteiger partial charge in [-0.05, 0) is 84.7 Å². The smallest absolute Gasteiger partial charge is 0.323 e. The van der Waals surface area contributed by atoms with Crippen LogP contribution < -0.4 is 0 Å². The van der Waals surface area contributed by atoms with E-state index in [0.717, 1.165) is 186 Å². The number of benzene rings is 6. The minimum atomic E-state index is -1.38. The van der Waals surface area contributed by atoms with Gasteiger partial charge in [-0.3, -0.25) is 38.4 Å². The van der Waals surface area contributed by atoms with Gasteiger partial charge < -0.3 is 38.6 Å². The van der Waals surface area contributed by atoms with E-state index in [1.54, 1.807) is 0 Å². The number of alkyl halides is 1. The molecule has 0 fully saturated rings. The lowest BCUT2D eigenvalue weighted by atomic mass is 9.77. The number of carboxylic acids is 2. The van der Waals surface area contributed by atoms with Gasteiger partial charge in [0.2, 0.25) is 0 Å². The molecule has 596 valence electrons. The Balaban J connectivity index is 0.000000386. The van der Waals surface area contributed by atoms with Crippen LogP contribution in [0.15, 0.2) is 182 Å². The highest BCUT2D eigenvalue weighted by molar-refractivity contribution is 9.09. The third-order valence-electron chi connectivity index (χ3n) is 19.1. The van der Waals surface area contributed by atoms with Crippen LogP contribution in [-0.2, 0) is 106 Å². The first-order valence-electron chi connectivity index (χ1n) is 40.5. The molecule has 0 aliphatic rings. The molecule has 17 heteroatoms. The van der Waals surface area contributed by atoms with Crippen LogP contribution in [0.25, 0.3) is 0 Å². The van der Waals surface area contributed by atoms with Gasteiger partial charge in [0.15, 0.2) is 11.3 Å². The van der Waals surface area contributed by atoms with Crippen molar-refractivity contribution in [1.82, 2.24) is 0 Å². The van der Waals surface area contributed by atoms with Crippen LogP contribution in [0.4, 0.5) is 0 Å². The average Bonchev–Trinajstić information content (AvgIpc) is 0.805. The molecule has 16 nitrogen and oxygen atoms in total. The highest BCUT2D eigenvalue weighted by Gasteiger charge is 2.48. The number of unbranched alkanes of at least 4 members (excludes halogenated alkanes) is 28. The van der Waals surface area contributed by atoms with Crippen LogP contribution in [0, 0.1) is 11.3 Å². The summed E-state index contributed by atoms with van der Waals surface area (Å²) in [7, 11) is 0. The van der Waals surface area contributed by atoms with E-state index in [4.69, 9.17) is 38.6 Å². The molecule has 0 unspecified atom stereocenters. The number of hydrogen-bond donors (Lipinski definition) is 2. The molecule has 0 spiro atoms. The molecule has 2 N–H and O–H groups in total. The quantitative estimate of drug-likeness (QED) is 0.0119. The first-order valence-corrected chi connectivity index (χ1v) is 41.6. The van der Waals surface area contributed by atoms with E-state index in [1.165, 1.54) is 38.5 Å². The van der Waals surface area contributed by atoms with Gasteiger partial charge in [-0.2, -0.15) is 0 Å². The third kappa shape index (κ3) is 47.3. The van der Waals surface area contributed by atoms with Gasteiger partial charge >= 0.3 is 47.8 Å². The summed E-state index contributed by atoms with van der Waals surface area (Å²) >= 11 is 3.45. The summed E-state index contributed by atoms with van der Waals surface area (Å²) in [5, 5.41) is 18.6. The largest absolute Gasteiger partial charge is 0.481 e. The van der Waals surface area contributed by atoms with Crippen molar-refractivity contribution in [2.45, 2.75) is 290 Å². The molecule has 0 atom stereocenters. The number of esters is 6. The Morgan fingerprint density at radius 1 is 0.266 bits per heavy atom. The highest BCUT2D eigenvalue weighted by Crippen LogP contribution is 2.37. The van der Waals surface area contributed by atoms with Crippen molar-refractivity contribution in [3.63, 3.8) is 0 Å². The van der Waals surface area contributed by atoms with Gasteiger partial charge in [0, 0.05) is 31.0 Å². The van der Waals surface area contributed by atoms with E-state index in [0.29, 0.717) is 64.6 Å². The minimum Gasteiger partial charge on any atom is -0.481 e. The maximum Gasteiger partial charge on any atom is 0.323 e. The predicted molar refractivity (Wildman–Crippen MR) is 432 cm³/mol. The number of carbonyl (C=O) groups is 8. The van der Waals surface area contributed by atoms with Gasteiger partial charge in [-0.15, -0.1) is 0 Å². The second-order valence-electron chi connectivity index (χ2n) is 28.3. The van der Waals surface area contributed by atoms with E-state index in [2.05, 4.69) is 15.9 Å². The fourth-order valence-corrected chi connectivity index (χ4v) is 13.0. The van der Waals surface area contributed by atoms with Gasteiger partial charge in [0.05, 0.1) is 0 Å². The summed E-state index contributed by atoms with van der Waals surface area (Å²) in [4.78, 5) is 98.5. The number of carbonyl (C=O) groups excluding carboxylic acids is 6. The summed E-state index contributed by atoms with van der Waals surface area (Å²) in [6, 6.07) is 57.4. The SMILES string of the molecule is O=C(CCCCCCCCCCBr)OCc1ccccc1.O=C(O)CCCCCCCCCCC(C(=O)OCc1ccccc1)C(=O)OCc1ccccc1.O=C(O)CCCCCCCCCCC(CCCCCCCCCCC(=O)OCc1ccccc1)(C(=O)OCc1ccccc1)C(=O)OCc1ccccc1. The molecular formula is C92H125BrO16. The highest BCUT2D eigenvalue weighted by atomic mass is 79.9. The molecule has 6 aromatic rings. The summed E-state index contributed by atoms with van der Waals surface area (Å²) in [6.45, 7) is 1.16. The zero-order valence-corrected chi connectivity index (χ0v) is 66.5. The molecule has 0 bridgehead atoms. The van der Waals surface area contributed by atoms with Gasteiger partial charge in [0.25, 0.3) is 0 Å². The second-order valence-corrected chi connectivity index (χ2v) is 29.1. The molecular weight excluding hydrogens is 1440 g/mol. The maximum atomic E-state index is 14.0. The molecule has 6 rings (SSSR count).